The van der Waals surface area contributed by atoms with Crippen molar-refractivity contribution in [2.24, 2.45) is 5.41 Å². The van der Waals surface area contributed by atoms with E-state index in [1.165, 1.54) is 0 Å². The number of benzene rings is 1. The van der Waals surface area contributed by atoms with Gasteiger partial charge in [0, 0.05) is 11.6 Å². The molecule has 0 atom stereocenters. The zero-order valence-corrected chi connectivity index (χ0v) is 19.0. The van der Waals surface area contributed by atoms with E-state index in [-0.39, 0.29) is 10.9 Å². The van der Waals surface area contributed by atoms with E-state index in [4.69, 9.17) is 20.8 Å². The van der Waals surface area contributed by atoms with E-state index in [0.717, 1.165) is 5.56 Å². The van der Waals surface area contributed by atoms with Gasteiger partial charge in [-0.05, 0) is 38.0 Å². The van der Waals surface area contributed by atoms with Crippen molar-refractivity contribution >= 4 is 31.5 Å². The molecule has 0 aliphatic heterocycles. The van der Waals surface area contributed by atoms with Gasteiger partial charge < -0.3 is 14.5 Å². The van der Waals surface area contributed by atoms with E-state index in [0.29, 0.717) is 23.1 Å². The average Bonchev–Trinajstić information content (AvgIpc) is 2.53. The Balaban J connectivity index is 3.07. The van der Waals surface area contributed by atoms with E-state index < -0.39 is 13.7 Å². The molecule has 0 saturated carbocycles. The van der Waals surface area contributed by atoms with Gasteiger partial charge in [-0.1, -0.05) is 38.4 Å². The number of nitrogens with one attached hydrogen (secondary N) is 1. The monoisotopic (exact) mass is 397 g/mol. The molecule has 1 aromatic rings. The molecule has 1 N–H and O–H groups in total. The molecule has 1 rings (SSSR count). The maximum Gasteiger partial charge on any atom is 0.233 e. The molecule has 26 heavy (non-hydrogen) atoms. The third-order valence-electron chi connectivity index (χ3n) is 5.11. The lowest BCUT2D eigenvalue weighted by Gasteiger charge is -2.36. The van der Waals surface area contributed by atoms with Crippen LogP contribution in [0, 0.1) is 5.41 Å². The highest BCUT2D eigenvalue weighted by molar-refractivity contribution is 6.74. The highest BCUT2D eigenvalue weighted by Crippen LogP contribution is 2.38. The Labute approximate surface area is 164 Å². The zero-order valence-electron chi connectivity index (χ0n) is 17.2. The molecule has 0 aromatic heterocycles. The molecule has 0 unspecified atom stereocenters. The van der Waals surface area contributed by atoms with Crippen LogP contribution in [0.25, 0.3) is 0 Å². The van der Waals surface area contributed by atoms with Crippen molar-refractivity contribution in [3.63, 3.8) is 0 Å². The fourth-order valence-corrected chi connectivity index (χ4v) is 3.03. The van der Waals surface area contributed by atoms with Gasteiger partial charge in [0.2, 0.25) is 5.91 Å². The van der Waals surface area contributed by atoms with Crippen molar-refractivity contribution in [3.05, 3.63) is 35.4 Å². The molecule has 0 aliphatic carbocycles. The molecule has 6 heteroatoms. The standard InChI is InChI=1S/C20H32ClNO3Si/c1-10-20(5,6)18(23)22-16-12-17(24-7)14(11-15(16)21)13-25-26(8,9)19(2,3)4/h10-12H,1,13H2,2-9H3,(H,22,23). The Morgan fingerprint density at radius 2 is 1.85 bits per heavy atom. The maximum atomic E-state index is 12.4. The lowest BCUT2D eigenvalue weighted by Crippen LogP contribution is -2.40. The number of methoxy groups -OCH3 is 1. The number of hydrogen-bond donors (Lipinski definition) is 1. The molecular weight excluding hydrogens is 366 g/mol. The van der Waals surface area contributed by atoms with Gasteiger partial charge in [0.1, 0.15) is 5.75 Å². The van der Waals surface area contributed by atoms with E-state index >= 15 is 0 Å². The second-order valence-corrected chi connectivity index (χ2v) is 13.8. The van der Waals surface area contributed by atoms with Crippen LogP contribution in [-0.2, 0) is 15.8 Å². The van der Waals surface area contributed by atoms with E-state index in [1.807, 2.05) is 0 Å². The van der Waals surface area contributed by atoms with E-state index in [2.05, 4.69) is 45.8 Å². The van der Waals surface area contributed by atoms with Crippen molar-refractivity contribution in [1.29, 1.82) is 0 Å². The highest BCUT2D eigenvalue weighted by Gasteiger charge is 2.37. The Hall–Kier alpha value is -1.30. The Morgan fingerprint density at radius 3 is 2.31 bits per heavy atom. The van der Waals surface area contributed by atoms with Crippen LogP contribution in [0.3, 0.4) is 0 Å². The molecule has 0 spiro atoms. The molecule has 0 fully saturated rings. The number of hydrogen-bond acceptors (Lipinski definition) is 3. The van der Waals surface area contributed by atoms with Crippen molar-refractivity contribution < 1.29 is 14.0 Å². The minimum absolute atomic E-state index is 0.119. The Bertz CT molecular complexity index is 678. The molecule has 0 bridgehead atoms. The molecule has 1 aromatic carbocycles. The van der Waals surface area contributed by atoms with Gasteiger partial charge in [0.05, 0.1) is 29.8 Å². The lowest BCUT2D eigenvalue weighted by atomic mass is 9.92. The van der Waals surface area contributed by atoms with Crippen LogP contribution in [0.15, 0.2) is 24.8 Å². The van der Waals surface area contributed by atoms with Crippen molar-refractivity contribution in [2.45, 2.75) is 59.4 Å². The quantitative estimate of drug-likeness (QED) is 0.452. The number of halogens is 1. The first-order valence-electron chi connectivity index (χ1n) is 8.70. The van der Waals surface area contributed by atoms with Gasteiger partial charge in [-0.2, -0.15) is 0 Å². The van der Waals surface area contributed by atoms with Crippen LogP contribution in [0.4, 0.5) is 5.69 Å². The van der Waals surface area contributed by atoms with Crippen molar-refractivity contribution in [2.75, 3.05) is 12.4 Å². The van der Waals surface area contributed by atoms with E-state index in [1.54, 1.807) is 39.2 Å². The molecule has 1 amide bonds. The Kier molecular flexibility index (Phi) is 7.13. The number of carbonyl (C=O) groups excluding carboxylic acids is 1. The zero-order chi connectivity index (χ0) is 20.3. The SMILES string of the molecule is C=CC(C)(C)C(=O)Nc1cc(OC)c(CO[Si](C)(C)C(C)(C)C)cc1Cl. The fraction of sp³-hybridized carbons (Fsp3) is 0.550. The van der Waals surface area contributed by atoms with Gasteiger partial charge in [-0.15, -0.1) is 6.58 Å². The first-order valence-corrected chi connectivity index (χ1v) is 12.0. The third-order valence-corrected chi connectivity index (χ3v) is 9.90. The molecule has 0 heterocycles. The smallest absolute Gasteiger partial charge is 0.233 e. The summed E-state index contributed by atoms with van der Waals surface area (Å²) in [6.07, 6.45) is 1.61. The minimum atomic E-state index is -1.89. The topological polar surface area (TPSA) is 47.6 Å². The van der Waals surface area contributed by atoms with Gasteiger partial charge in [-0.25, -0.2) is 0 Å². The highest BCUT2D eigenvalue weighted by atomic mass is 35.5. The summed E-state index contributed by atoms with van der Waals surface area (Å²) in [7, 11) is -0.294. The fourth-order valence-electron chi connectivity index (χ4n) is 1.84. The number of amides is 1. The summed E-state index contributed by atoms with van der Waals surface area (Å²) in [5.74, 6) is 0.460. The number of carbonyl (C=O) groups is 1. The molecule has 0 radical (unpaired) electrons. The van der Waals surface area contributed by atoms with Crippen LogP contribution < -0.4 is 10.1 Å². The molecular formula is C20H32ClNO3Si. The van der Waals surface area contributed by atoms with Crippen LogP contribution >= 0.6 is 11.6 Å². The first kappa shape index (κ1) is 22.7. The normalized spacial score (nSPS) is 12.7. The van der Waals surface area contributed by atoms with E-state index in [9.17, 15) is 4.79 Å². The molecule has 0 saturated heterocycles. The predicted molar refractivity (Wildman–Crippen MR) is 113 cm³/mol. The molecule has 0 aliphatic rings. The van der Waals surface area contributed by atoms with Gasteiger partial charge in [-0.3, -0.25) is 4.79 Å². The Morgan fingerprint density at radius 1 is 1.27 bits per heavy atom. The lowest BCUT2D eigenvalue weighted by molar-refractivity contribution is -0.121. The molecule has 146 valence electrons. The minimum Gasteiger partial charge on any atom is -0.496 e. The van der Waals surface area contributed by atoms with Crippen molar-refractivity contribution in [3.8, 4) is 5.75 Å². The number of rotatable bonds is 7. The van der Waals surface area contributed by atoms with Crippen LogP contribution in [0.1, 0.15) is 40.2 Å². The number of ether oxygens (including phenoxy) is 1. The third kappa shape index (κ3) is 5.35. The van der Waals surface area contributed by atoms with Crippen LogP contribution in [-0.4, -0.2) is 21.3 Å². The predicted octanol–water partition coefficient (Wildman–Crippen LogP) is 6.02. The second-order valence-electron chi connectivity index (χ2n) is 8.57. The van der Waals surface area contributed by atoms with Gasteiger partial charge >= 0.3 is 0 Å². The van der Waals surface area contributed by atoms with Crippen LogP contribution in [0.5, 0.6) is 5.75 Å². The summed E-state index contributed by atoms with van der Waals surface area (Å²) in [6.45, 7) is 18.7. The summed E-state index contributed by atoms with van der Waals surface area (Å²) in [5.41, 5.74) is 0.684. The van der Waals surface area contributed by atoms with Crippen LogP contribution in [0.2, 0.25) is 23.2 Å². The van der Waals surface area contributed by atoms with Gasteiger partial charge in [0.15, 0.2) is 8.32 Å². The largest absolute Gasteiger partial charge is 0.496 e. The summed E-state index contributed by atoms with van der Waals surface area (Å²) in [6, 6.07) is 3.54. The summed E-state index contributed by atoms with van der Waals surface area (Å²) in [5, 5.41) is 3.42. The maximum absolute atomic E-state index is 12.4. The van der Waals surface area contributed by atoms with Gasteiger partial charge in [0.25, 0.3) is 0 Å². The summed E-state index contributed by atoms with van der Waals surface area (Å²) >= 11 is 6.40. The molecule has 4 nitrogen and oxygen atoms in total. The summed E-state index contributed by atoms with van der Waals surface area (Å²) in [4.78, 5) is 12.4. The summed E-state index contributed by atoms with van der Waals surface area (Å²) < 4.78 is 11.8. The van der Waals surface area contributed by atoms with Crippen molar-refractivity contribution in [1.82, 2.24) is 0 Å². The second kappa shape index (κ2) is 8.15. The average molecular weight is 398 g/mol. The first-order chi connectivity index (χ1) is 11.7. The number of anilines is 1.